The number of esters is 1. The summed E-state index contributed by atoms with van der Waals surface area (Å²) in [5.41, 5.74) is 0.179. The van der Waals surface area contributed by atoms with Crippen LogP contribution >= 0.6 is 0 Å². The molecule has 0 fully saturated rings. The van der Waals surface area contributed by atoms with Crippen LogP contribution in [0.15, 0.2) is 18.2 Å². The first kappa shape index (κ1) is 13.0. The minimum atomic E-state index is -0.616. The van der Waals surface area contributed by atoms with Crippen molar-refractivity contribution in [3.05, 3.63) is 29.6 Å². The van der Waals surface area contributed by atoms with Gasteiger partial charge >= 0.3 is 5.97 Å². The van der Waals surface area contributed by atoms with Crippen LogP contribution in [0.25, 0.3) is 0 Å². The zero-order chi connectivity index (χ0) is 12.8. The van der Waals surface area contributed by atoms with Crippen LogP contribution in [-0.4, -0.2) is 18.6 Å². The van der Waals surface area contributed by atoms with Gasteiger partial charge in [0.2, 0.25) is 0 Å². The molecule has 1 N–H and O–H groups in total. The van der Waals surface area contributed by atoms with Crippen molar-refractivity contribution in [2.45, 2.75) is 20.0 Å². The number of nitrogens with zero attached hydrogens (tertiary/aromatic N) is 1. The van der Waals surface area contributed by atoms with E-state index in [1.807, 2.05) is 0 Å². The van der Waals surface area contributed by atoms with Gasteiger partial charge in [0.05, 0.1) is 11.8 Å². The lowest BCUT2D eigenvalue weighted by atomic mass is 10.2. The van der Waals surface area contributed by atoms with Gasteiger partial charge in [-0.25, -0.2) is 4.39 Å². The van der Waals surface area contributed by atoms with E-state index in [1.165, 1.54) is 18.2 Å². The van der Waals surface area contributed by atoms with Crippen molar-refractivity contribution in [1.82, 2.24) is 0 Å². The number of hydrogen-bond donors (Lipinski definition) is 1. The summed E-state index contributed by atoms with van der Waals surface area (Å²) in [5.74, 6) is -1.07. The third-order valence-corrected chi connectivity index (χ3v) is 1.92. The summed E-state index contributed by atoms with van der Waals surface area (Å²) in [6.45, 7) is 3.37. The number of nitriles is 1. The van der Waals surface area contributed by atoms with Gasteiger partial charge in [0.25, 0.3) is 0 Å². The van der Waals surface area contributed by atoms with Gasteiger partial charge < -0.3 is 10.1 Å². The number of carbonyl (C=O) groups excluding carboxylic acids is 1. The van der Waals surface area contributed by atoms with Crippen molar-refractivity contribution in [3.63, 3.8) is 0 Å². The molecule has 0 aromatic heterocycles. The summed E-state index contributed by atoms with van der Waals surface area (Å²) in [5, 5.41) is 11.4. The molecule has 0 bridgehead atoms. The summed E-state index contributed by atoms with van der Waals surface area (Å²) < 4.78 is 18.1. The number of hydrogen-bond acceptors (Lipinski definition) is 4. The number of halogens is 1. The Kier molecular flexibility index (Phi) is 4.46. The Hall–Kier alpha value is -2.09. The number of rotatable bonds is 4. The van der Waals surface area contributed by atoms with Gasteiger partial charge in [0, 0.05) is 0 Å². The van der Waals surface area contributed by atoms with E-state index < -0.39 is 11.8 Å². The van der Waals surface area contributed by atoms with Gasteiger partial charge in [-0.3, -0.25) is 4.79 Å². The van der Waals surface area contributed by atoms with Gasteiger partial charge in [-0.2, -0.15) is 5.26 Å². The minimum Gasteiger partial charge on any atom is -0.462 e. The van der Waals surface area contributed by atoms with Gasteiger partial charge in [-0.05, 0) is 26.0 Å². The predicted molar refractivity (Wildman–Crippen MR) is 60.8 cm³/mol. The highest BCUT2D eigenvalue weighted by Crippen LogP contribution is 2.17. The average Bonchev–Trinajstić information content (AvgIpc) is 2.25. The Balaban J connectivity index is 2.67. The highest BCUT2D eigenvalue weighted by molar-refractivity contribution is 5.76. The molecule has 0 aliphatic rings. The molecular weight excluding hydrogens is 223 g/mol. The van der Waals surface area contributed by atoms with Crippen LogP contribution < -0.4 is 5.32 Å². The predicted octanol–water partition coefficient (Wildman–Crippen LogP) is 2.06. The van der Waals surface area contributed by atoms with Crippen LogP contribution in [-0.2, 0) is 9.53 Å². The van der Waals surface area contributed by atoms with Crippen LogP contribution in [0.5, 0.6) is 0 Å². The second-order valence-electron chi connectivity index (χ2n) is 3.67. The number of anilines is 1. The normalized spacial score (nSPS) is 9.82. The highest BCUT2D eigenvalue weighted by atomic mass is 19.1. The summed E-state index contributed by atoms with van der Waals surface area (Å²) in [7, 11) is 0. The molecule has 1 aromatic rings. The molecule has 0 spiro atoms. The van der Waals surface area contributed by atoms with E-state index in [4.69, 9.17) is 10.00 Å². The summed E-state index contributed by atoms with van der Waals surface area (Å²) in [4.78, 5) is 11.2. The molecule has 0 aliphatic carbocycles. The van der Waals surface area contributed by atoms with Crippen molar-refractivity contribution < 1.29 is 13.9 Å². The van der Waals surface area contributed by atoms with E-state index in [0.717, 1.165) is 0 Å². The minimum absolute atomic E-state index is 0.101. The molecule has 0 amide bonds. The number of benzene rings is 1. The Morgan fingerprint density at radius 2 is 2.29 bits per heavy atom. The zero-order valence-electron chi connectivity index (χ0n) is 9.66. The van der Waals surface area contributed by atoms with Gasteiger partial charge in [0.1, 0.15) is 24.0 Å². The number of nitrogens with one attached hydrogen (secondary N) is 1. The van der Waals surface area contributed by atoms with Crippen LogP contribution in [0.1, 0.15) is 19.4 Å². The third-order valence-electron chi connectivity index (χ3n) is 1.92. The van der Waals surface area contributed by atoms with E-state index in [9.17, 15) is 9.18 Å². The van der Waals surface area contributed by atoms with E-state index in [-0.39, 0.29) is 23.9 Å². The quantitative estimate of drug-likeness (QED) is 0.813. The fraction of sp³-hybridized carbons (Fsp3) is 0.333. The standard InChI is InChI=1S/C12H13FN2O2/c1-8(2)17-12(16)7-15-11-5-3-4-10(13)9(11)6-14/h3-5,8,15H,7H2,1-2H3. The molecule has 0 aliphatic heterocycles. The van der Waals surface area contributed by atoms with E-state index >= 15 is 0 Å². The molecule has 1 rings (SSSR count). The van der Waals surface area contributed by atoms with Crippen LogP contribution in [0, 0.1) is 17.1 Å². The van der Waals surface area contributed by atoms with E-state index in [0.29, 0.717) is 0 Å². The second-order valence-corrected chi connectivity index (χ2v) is 3.67. The molecule has 0 unspecified atom stereocenters. The maximum atomic E-state index is 13.2. The Morgan fingerprint density at radius 3 is 2.88 bits per heavy atom. The smallest absolute Gasteiger partial charge is 0.325 e. The number of ether oxygens (including phenoxy) is 1. The summed E-state index contributed by atoms with van der Waals surface area (Å²) in [6.07, 6.45) is -0.202. The Bertz CT molecular complexity index is 452. The van der Waals surface area contributed by atoms with Gasteiger partial charge in [-0.1, -0.05) is 6.07 Å². The largest absolute Gasteiger partial charge is 0.462 e. The molecule has 17 heavy (non-hydrogen) atoms. The molecule has 0 heterocycles. The maximum Gasteiger partial charge on any atom is 0.325 e. The molecule has 0 saturated carbocycles. The Labute approximate surface area is 99.0 Å². The Morgan fingerprint density at radius 1 is 1.59 bits per heavy atom. The molecule has 5 heteroatoms. The van der Waals surface area contributed by atoms with Crippen molar-refractivity contribution >= 4 is 11.7 Å². The summed E-state index contributed by atoms with van der Waals surface area (Å²) in [6, 6.07) is 5.93. The van der Waals surface area contributed by atoms with Crippen molar-refractivity contribution in [2.75, 3.05) is 11.9 Å². The molecule has 90 valence electrons. The molecule has 0 radical (unpaired) electrons. The first-order chi connectivity index (χ1) is 8.04. The zero-order valence-corrected chi connectivity index (χ0v) is 9.66. The third kappa shape index (κ3) is 3.76. The molecule has 1 aromatic carbocycles. The van der Waals surface area contributed by atoms with Crippen molar-refractivity contribution in [2.24, 2.45) is 0 Å². The van der Waals surface area contributed by atoms with Crippen LogP contribution in [0.3, 0.4) is 0 Å². The molecule has 4 nitrogen and oxygen atoms in total. The van der Waals surface area contributed by atoms with Crippen LogP contribution in [0.2, 0.25) is 0 Å². The SMILES string of the molecule is CC(C)OC(=O)CNc1cccc(F)c1C#N. The van der Waals surface area contributed by atoms with Crippen LogP contribution in [0.4, 0.5) is 10.1 Å². The monoisotopic (exact) mass is 236 g/mol. The summed E-state index contributed by atoms with van der Waals surface area (Å²) >= 11 is 0. The first-order valence-electron chi connectivity index (χ1n) is 5.16. The van der Waals surface area contributed by atoms with E-state index in [2.05, 4.69) is 5.32 Å². The molecule has 0 atom stereocenters. The highest BCUT2D eigenvalue weighted by Gasteiger charge is 2.10. The lowest BCUT2D eigenvalue weighted by Gasteiger charge is -2.10. The van der Waals surface area contributed by atoms with Gasteiger partial charge in [0.15, 0.2) is 0 Å². The lowest BCUT2D eigenvalue weighted by Crippen LogP contribution is -2.20. The topological polar surface area (TPSA) is 62.1 Å². The fourth-order valence-corrected chi connectivity index (χ4v) is 1.26. The van der Waals surface area contributed by atoms with Crippen molar-refractivity contribution in [1.29, 1.82) is 5.26 Å². The fourth-order valence-electron chi connectivity index (χ4n) is 1.26. The first-order valence-corrected chi connectivity index (χ1v) is 5.16. The van der Waals surface area contributed by atoms with E-state index in [1.54, 1.807) is 19.9 Å². The van der Waals surface area contributed by atoms with Crippen molar-refractivity contribution in [3.8, 4) is 6.07 Å². The second kappa shape index (κ2) is 5.85. The molecule has 0 saturated heterocycles. The average molecular weight is 236 g/mol. The number of carbonyl (C=O) groups is 1. The maximum absolute atomic E-state index is 13.2. The lowest BCUT2D eigenvalue weighted by molar-refractivity contribution is -0.145. The molecular formula is C12H13FN2O2. The van der Waals surface area contributed by atoms with Gasteiger partial charge in [-0.15, -0.1) is 0 Å².